The zero-order valence-electron chi connectivity index (χ0n) is 16.7. The molecule has 0 saturated carbocycles. The molecule has 0 aliphatic carbocycles. The highest BCUT2D eigenvalue weighted by molar-refractivity contribution is 6.14. The molecule has 6 nitrogen and oxygen atoms in total. The van der Waals surface area contributed by atoms with Crippen LogP contribution in [0.1, 0.15) is 22.4 Å². The first-order chi connectivity index (χ1) is 14.8. The Kier molecular flexibility index (Phi) is 6.17. The van der Waals surface area contributed by atoms with Crippen molar-refractivity contribution in [3.63, 3.8) is 0 Å². The highest BCUT2D eigenvalue weighted by Crippen LogP contribution is 2.26. The first-order valence-electron chi connectivity index (χ1n) is 9.71. The van der Waals surface area contributed by atoms with E-state index in [1.807, 2.05) is 30.3 Å². The van der Waals surface area contributed by atoms with Crippen molar-refractivity contribution in [2.45, 2.75) is 13.0 Å². The molecule has 0 fully saturated rings. The second kappa shape index (κ2) is 9.35. The van der Waals surface area contributed by atoms with Crippen LogP contribution in [0.5, 0.6) is 17.4 Å². The Bertz CT molecular complexity index is 1020. The fourth-order valence-electron chi connectivity index (χ4n) is 3.23. The zero-order valence-corrected chi connectivity index (χ0v) is 16.7. The number of aromatic nitrogens is 2. The van der Waals surface area contributed by atoms with Gasteiger partial charge in [-0.2, -0.15) is 0 Å². The van der Waals surface area contributed by atoms with E-state index in [2.05, 4.69) is 16.0 Å². The highest BCUT2D eigenvalue weighted by Gasteiger charge is 2.17. The van der Waals surface area contributed by atoms with Gasteiger partial charge in [0.25, 0.3) is 0 Å². The Labute approximate surface area is 174 Å². The van der Waals surface area contributed by atoms with Crippen LogP contribution in [-0.2, 0) is 13.0 Å². The molecule has 0 amide bonds. The number of ether oxygens (including phenoxy) is 3. The van der Waals surface area contributed by atoms with Gasteiger partial charge in [0.2, 0.25) is 5.88 Å². The largest absolute Gasteiger partial charge is 0.495 e. The topological polar surface area (TPSA) is 65.8 Å². The molecule has 0 atom stereocenters. The van der Waals surface area contributed by atoms with Gasteiger partial charge in [-0.3, -0.25) is 9.98 Å². The lowest BCUT2D eigenvalue weighted by atomic mass is 9.94. The number of hydrogen-bond acceptors (Lipinski definition) is 6. The molecule has 1 aliphatic heterocycles. The number of alkyl halides is 1. The van der Waals surface area contributed by atoms with E-state index in [4.69, 9.17) is 19.2 Å². The van der Waals surface area contributed by atoms with Gasteiger partial charge in [0.1, 0.15) is 31.4 Å². The first-order valence-corrected chi connectivity index (χ1v) is 9.71. The summed E-state index contributed by atoms with van der Waals surface area (Å²) in [5, 5.41) is 0. The number of hydrogen-bond donors (Lipinski definition) is 0. The first kappa shape index (κ1) is 19.8. The molecule has 0 saturated heterocycles. The van der Waals surface area contributed by atoms with Crippen molar-refractivity contribution in [3.8, 4) is 17.4 Å². The summed E-state index contributed by atoms with van der Waals surface area (Å²) in [5.41, 5.74) is 4.81. The van der Waals surface area contributed by atoms with Gasteiger partial charge in [0.15, 0.2) is 0 Å². The molecule has 1 aliphatic rings. The summed E-state index contributed by atoms with van der Waals surface area (Å²) in [6, 6.07) is 13.4. The molecule has 4 rings (SSSR count). The van der Waals surface area contributed by atoms with Crippen LogP contribution in [0.3, 0.4) is 0 Å². The Morgan fingerprint density at radius 2 is 1.87 bits per heavy atom. The Morgan fingerprint density at radius 1 is 0.967 bits per heavy atom. The third-order valence-electron chi connectivity index (χ3n) is 4.74. The Morgan fingerprint density at radius 3 is 2.60 bits per heavy atom. The number of rotatable bonds is 8. The maximum Gasteiger partial charge on any atom is 0.213 e. The van der Waals surface area contributed by atoms with Crippen molar-refractivity contribution in [2.75, 3.05) is 26.9 Å². The van der Waals surface area contributed by atoms with E-state index in [-0.39, 0.29) is 6.61 Å². The zero-order chi connectivity index (χ0) is 20.8. The normalized spacial score (nSPS) is 12.7. The number of pyridine rings is 2. The SMILES string of the molecule is COc1ccc(COc2ccc3c(c2)C(c2ccc(OCCF)nc2)=NCC3)nc1. The van der Waals surface area contributed by atoms with Gasteiger partial charge in [-0.1, -0.05) is 6.07 Å². The summed E-state index contributed by atoms with van der Waals surface area (Å²) in [7, 11) is 1.61. The van der Waals surface area contributed by atoms with Crippen LogP contribution in [-0.4, -0.2) is 42.6 Å². The van der Waals surface area contributed by atoms with E-state index in [1.165, 1.54) is 5.56 Å². The summed E-state index contributed by atoms with van der Waals surface area (Å²) in [6.07, 6.45) is 4.25. The predicted octanol–water partition coefficient (Wildman–Crippen LogP) is 3.81. The minimum atomic E-state index is -0.543. The molecule has 0 spiro atoms. The molecule has 2 aromatic heterocycles. The summed E-state index contributed by atoms with van der Waals surface area (Å²) in [6.45, 7) is 0.536. The number of aliphatic imine (C=N–C) groups is 1. The molecule has 1 aromatic carbocycles. The van der Waals surface area contributed by atoms with Crippen LogP contribution in [0.15, 0.2) is 59.9 Å². The van der Waals surface area contributed by atoms with E-state index in [1.54, 1.807) is 25.6 Å². The van der Waals surface area contributed by atoms with Crippen LogP contribution in [0, 0.1) is 0 Å². The third kappa shape index (κ3) is 4.56. The van der Waals surface area contributed by atoms with Crippen LogP contribution < -0.4 is 14.2 Å². The summed E-state index contributed by atoms with van der Waals surface area (Å²) >= 11 is 0. The summed E-state index contributed by atoms with van der Waals surface area (Å²) in [5.74, 6) is 1.86. The van der Waals surface area contributed by atoms with Gasteiger partial charge in [0.05, 0.1) is 24.7 Å². The van der Waals surface area contributed by atoms with E-state index in [0.717, 1.165) is 41.2 Å². The monoisotopic (exact) mass is 407 g/mol. The van der Waals surface area contributed by atoms with Crippen LogP contribution in [0.2, 0.25) is 0 Å². The lowest BCUT2D eigenvalue weighted by Crippen LogP contribution is -2.15. The minimum absolute atomic E-state index is 0.000121. The fourth-order valence-corrected chi connectivity index (χ4v) is 3.23. The van der Waals surface area contributed by atoms with E-state index >= 15 is 0 Å². The maximum absolute atomic E-state index is 12.3. The maximum atomic E-state index is 12.3. The Balaban J connectivity index is 1.51. The van der Waals surface area contributed by atoms with E-state index in [0.29, 0.717) is 18.2 Å². The van der Waals surface area contributed by atoms with Crippen molar-refractivity contribution in [3.05, 3.63) is 77.2 Å². The molecule has 0 bridgehead atoms. The standard InChI is InChI=1S/C23H22FN3O3/c1-28-20-6-4-18(26-14-20)15-30-19-5-2-16-8-10-25-23(21(16)12-19)17-3-7-22(27-13-17)29-11-9-24/h2-7,12-14H,8-11,15H2,1H3. The van der Waals surface area contributed by atoms with Crippen LogP contribution in [0.25, 0.3) is 0 Å². The summed E-state index contributed by atoms with van der Waals surface area (Å²) in [4.78, 5) is 13.3. The second-order valence-corrected chi connectivity index (χ2v) is 6.70. The van der Waals surface area contributed by atoms with Gasteiger partial charge >= 0.3 is 0 Å². The molecule has 154 valence electrons. The number of methoxy groups -OCH3 is 1. The smallest absolute Gasteiger partial charge is 0.213 e. The molecule has 30 heavy (non-hydrogen) atoms. The molecular weight excluding hydrogens is 385 g/mol. The van der Waals surface area contributed by atoms with Gasteiger partial charge in [-0.25, -0.2) is 9.37 Å². The van der Waals surface area contributed by atoms with Crippen molar-refractivity contribution >= 4 is 5.71 Å². The van der Waals surface area contributed by atoms with Crippen molar-refractivity contribution in [1.82, 2.24) is 9.97 Å². The van der Waals surface area contributed by atoms with Crippen LogP contribution >= 0.6 is 0 Å². The van der Waals surface area contributed by atoms with Crippen molar-refractivity contribution < 1.29 is 18.6 Å². The highest BCUT2D eigenvalue weighted by atomic mass is 19.1. The van der Waals surface area contributed by atoms with Gasteiger partial charge in [0, 0.05) is 29.9 Å². The molecule has 7 heteroatoms. The average Bonchev–Trinajstić information content (AvgIpc) is 2.81. The predicted molar refractivity (Wildman–Crippen MR) is 111 cm³/mol. The van der Waals surface area contributed by atoms with E-state index in [9.17, 15) is 4.39 Å². The second-order valence-electron chi connectivity index (χ2n) is 6.70. The fraction of sp³-hybridized carbons (Fsp3) is 0.261. The van der Waals surface area contributed by atoms with Crippen LogP contribution in [0.4, 0.5) is 4.39 Å². The quantitative estimate of drug-likeness (QED) is 0.568. The number of halogens is 1. The van der Waals surface area contributed by atoms with Gasteiger partial charge in [-0.05, 0) is 42.3 Å². The number of benzene rings is 1. The molecule has 0 N–H and O–H groups in total. The van der Waals surface area contributed by atoms with Crippen molar-refractivity contribution in [2.24, 2.45) is 4.99 Å². The molecule has 3 aromatic rings. The van der Waals surface area contributed by atoms with Gasteiger partial charge < -0.3 is 14.2 Å². The lowest BCUT2D eigenvalue weighted by Gasteiger charge is -2.18. The number of fused-ring (bicyclic) bond motifs is 1. The minimum Gasteiger partial charge on any atom is -0.495 e. The lowest BCUT2D eigenvalue weighted by molar-refractivity contribution is 0.264. The molecular formula is C23H22FN3O3. The Hall–Kier alpha value is -3.48. The third-order valence-corrected chi connectivity index (χ3v) is 4.74. The summed E-state index contributed by atoms with van der Waals surface area (Å²) < 4.78 is 28.6. The molecule has 0 radical (unpaired) electrons. The van der Waals surface area contributed by atoms with E-state index < -0.39 is 6.67 Å². The van der Waals surface area contributed by atoms with Gasteiger partial charge in [-0.15, -0.1) is 0 Å². The molecule has 3 heterocycles. The average molecular weight is 407 g/mol. The molecule has 0 unspecified atom stereocenters. The number of nitrogens with zero attached hydrogens (tertiary/aromatic N) is 3. The van der Waals surface area contributed by atoms with Crippen molar-refractivity contribution in [1.29, 1.82) is 0 Å².